The molecule has 0 bridgehead atoms. The second-order valence-electron chi connectivity index (χ2n) is 4.39. The van der Waals surface area contributed by atoms with Crippen LogP contribution in [-0.4, -0.2) is 21.0 Å². The van der Waals surface area contributed by atoms with Gasteiger partial charge < -0.3 is 15.2 Å². The molecule has 0 saturated heterocycles. The van der Waals surface area contributed by atoms with Crippen molar-refractivity contribution in [2.75, 3.05) is 0 Å². The number of phenols is 2. The lowest BCUT2D eigenvalue weighted by Crippen LogP contribution is -2.02. The normalized spacial score (nSPS) is 10.8. The first-order valence-corrected chi connectivity index (χ1v) is 6.70. The Labute approximate surface area is 122 Å². The van der Waals surface area contributed by atoms with Crippen LogP contribution in [0.15, 0.2) is 46.9 Å². The molecule has 0 atom stereocenters. The molecule has 0 aliphatic heterocycles. The molecule has 0 aliphatic rings. The number of nitrogens with one attached hydrogen (secondary N) is 1. The molecule has 100 valence electrons. The number of aromatic hydroxyl groups is 2. The minimum Gasteiger partial charge on any atom is -0.508 e. The molecule has 0 saturated carbocycles. The third kappa shape index (κ3) is 1.96. The first kappa shape index (κ1) is 12.7. The van der Waals surface area contributed by atoms with Gasteiger partial charge in [-0.25, -0.2) is 0 Å². The summed E-state index contributed by atoms with van der Waals surface area (Å²) in [4.78, 5) is 15.5. The second-order valence-corrected chi connectivity index (χ2v) is 5.18. The minimum atomic E-state index is -0.342. The molecule has 3 aromatic rings. The number of ketones is 1. The summed E-state index contributed by atoms with van der Waals surface area (Å²) in [6, 6.07) is 11.4. The molecule has 4 nitrogen and oxygen atoms in total. The van der Waals surface area contributed by atoms with Crippen molar-refractivity contribution in [3.8, 4) is 11.5 Å². The van der Waals surface area contributed by atoms with E-state index in [0.29, 0.717) is 10.2 Å². The number of carbonyl (C=O) groups excluding carboxylic acids is 1. The molecule has 0 amide bonds. The van der Waals surface area contributed by atoms with Gasteiger partial charge in [0.15, 0.2) is 0 Å². The van der Waals surface area contributed by atoms with E-state index in [0.717, 1.165) is 17.0 Å². The number of halogens is 1. The molecular formula is C15H10BrNO3. The average molecular weight is 332 g/mol. The van der Waals surface area contributed by atoms with Gasteiger partial charge in [-0.05, 0) is 34.1 Å². The van der Waals surface area contributed by atoms with Crippen molar-refractivity contribution < 1.29 is 15.0 Å². The maximum atomic E-state index is 12.5. The zero-order valence-corrected chi connectivity index (χ0v) is 11.8. The van der Waals surface area contributed by atoms with Crippen LogP contribution in [0, 0.1) is 0 Å². The molecule has 3 rings (SSSR count). The highest BCUT2D eigenvalue weighted by Crippen LogP contribution is 2.31. The van der Waals surface area contributed by atoms with E-state index in [4.69, 9.17) is 0 Å². The summed E-state index contributed by atoms with van der Waals surface area (Å²) >= 11 is 3.41. The van der Waals surface area contributed by atoms with Crippen molar-refractivity contribution in [1.82, 2.24) is 4.98 Å². The van der Waals surface area contributed by atoms with Crippen LogP contribution >= 0.6 is 15.9 Å². The lowest BCUT2D eigenvalue weighted by Gasteiger charge is -2.03. The number of para-hydroxylation sites is 1. The van der Waals surface area contributed by atoms with Crippen LogP contribution in [0.5, 0.6) is 11.5 Å². The molecule has 0 radical (unpaired) electrons. The largest absolute Gasteiger partial charge is 0.508 e. The number of benzene rings is 2. The molecule has 2 aromatic carbocycles. The maximum Gasteiger partial charge on any atom is 0.214 e. The predicted molar refractivity (Wildman–Crippen MR) is 79.2 cm³/mol. The Morgan fingerprint density at radius 1 is 1.10 bits per heavy atom. The summed E-state index contributed by atoms with van der Waals surface area (Å²) in [5.41, 5.74) is 1.34. The van der Waals surface area contributed by atoms with Crippen LogP contribution in [0.3, 0.4) is 0 Å². The van der Waals surface area contributed by atoms with Crippen LogP contribution in [0.2, 0.25) is 0 Å². The van der Waals surface area contributed by atoms with Gasteiger partial charge in [0.2, 0.25) is 5.78 Å². The molecule has 5 heteroatoms. The van der Waals surface area contributed by atoms with Crippen molar-refractivity contribution in [3.05, 3.63) is 58.2 Å². The average Bonchev–Trinajstić information content (AvgIpc) is 2.76. The van der Waals surface area contributed by atoms with E-state index in [1.165, 1.54) is 12.1 Å². The fraction of sp³-hybridized carbons (Fsp3) is 0. The summed E-state index contributed by atoms with van der Waals surface area (Å²) in [5, 5.41) is 19.9. The van der Waals surface area contributed by atoms with Gasteiger partial charge in [-0.1, -0.05) is 18.2 Å². The van der Waals surface area contributed by atoms with Crippen LogP contribution in [0.1, 0.15) is 16.1 Å². The summed E-state index contributed by atoms with van der Waals surface area (Å²) in [6.45, 7) is 0. The Morgan fingerprint density at radius 3 is 2.55 bits per heavy atom. The van der Waals surface area contributed by atoms with Crippen molar-refractivity contribution in [2.45, 2.75) is 0 Å². The molecule has 0 spiro atoms. The van der Waals surface area contributed by atoms with E-state index in [1.807, 2.05) is 24.3 Å². The second kappa shape index (κ2) is 4.68. The fourth-order valence-electron chi connectivity index (χ4n) is 2.11. The van der Waals surface area contributed by atoms with E-state index >= 15 is 0 Å². The maximum absolute atomic E-state index is 12.5. The van der Waals surface area contributed by atoms with Gasteiger partial charge in [-0.2, -0.15) is 0 Å². The Hall–Kier alpha value is -2.27. The number of aromatic amines is 1. The van der Waals surface area contributed by atoms with Crippen LogP contribution < -0.4 is 0 Å². The van der Waals surface area contributed by atoms with E-state index in [2.05, 4.69) is 20.9 Å². The number of hydrogen-bond donors (Lipinski definition) is 3. The summed E-state index contributed by atoms with van der Waals surface area (Å²) in [6.07, 6.45) is 0. The van der Waals surface area contributed by atoms with Gasteiger partial charge >= 0.3 is 0 Å². The number of phenolic OH excluding ortho intramolecular Hbond substituents is 2. The van der Waals surface area contributed by atoms with Crippen molar-refractivity contribution in [2.24, 2.45) is 0 Å². The zero-order chi connectivity index (χ0) is 14.3. The van der Waals surface area contributed by atoms with Gasteiger partial charge in [0, 0.05) is 17.0 Å². The van der Waals surface area contributed by atoms with Gasteiger partial charge in [-0.3, -0.25) is 4.79 Å². The lowest BCUT2D eigenvalue weighted by atomic mass is 10.1. The van der Waals surface area contributed by atoms with E-state index in [9.17, 15) is 15.0 Å². The zero-order valence-electron chi connectivity index (χ0n) is 10.2. The number of hydrogen-bond acceptors (Lipinski definition) is 3. The molecule has 20 heavy (non-hydrogen) atoms. The van der Waals surface area contributed by atoms with Crippen LogP contribution in [-0.2, 0) is 0 Å². The third-order valence-corrected chi connectivity index (χ3v) is 3.92. The highest BCUT2D eigenvalue weighted by Gasteiger charge is 2.20. The quantitative estimate of drug-likeness (QED) is 0.628. The Kier molecular flexibility index (Phi) is 2.99. The van der Waals surface area contributed by atoms with E-state index < -0.39 is 0 Å². The molecule has 0 unspecified atom stereocenters. The SMILES string of the molecule is O=C(c1ccc(O)cc1O)c1[nH]c2ccccc2c1Br. The summed E-state index contributed by atoms with van der Waals surface area (Å²) in [5.74, 6) is -0.680. The number of aromatic nitrogens is 1. The standard InChI is InChI=1S/C15H10BrNO3/c16-13-9-3-1-2-4-11(9)17-14(13)15(20)10-6-5-8(18)7-12(10)19/h1-7,17-19H. The topological polar surface area (TPSA) is 73.3 Å². The molecule has 1 aromatic heterocycles. The number of H-pyrrole nitrogens is 1. The first-order valence-electron chi connectivity index (χ1n) is 5.91. The van der Waals surface area contributed by atoms with Crippen LogP contribution in [0.25, 0.3) is 10.9 Å². The fourth-order valence-corrected chi connectivity index (χ4v) is 2.74. The third-order valence-electron chi connectivity index (χ3n) is 3.10. The van der Waals surface area contributed by atoms with E-state index in [-0.39, 0.29) is 22.8 Å². The molecule has 0 aliphatic carbocycles. The van der Waals surface area contributed by atoms with E-state index in [1.54, 1.807) is 0 Å². The van der Waals surface area contributed by atoms with Gasteiger partial charge in [0.05, 0.1) is 10.0 Å². The first-order chi connectivity index (χ1) is 9.58. The monoisotopic (exact) mass is 331 g/mol. The highest BCUT2D eigenvalue weighted by molar-refractivity contribution is 9.10. The van der Waals surface area contributed by atoms with Gasteiger partial charge in [0.25, 0.3) is 0 Å². The van der Waals surface area contributed by atoms with Crippen molar-refractivity contribution in [3.63, 3.8) is 0 Å². The highest BCUT2D eigenvalue weighted by atomic mass is 79.9. The molecule has 1 heterocycles. The van der Waals surface area contributed by atoms with Gasteiger partial charge in [0.1, 0.15) is 17.2 Å². The Bertz CT molecular complexity index is 823. The lowest BCUT2D eigenvalue weighted by molar-refractivity contribution is 0.103. The summed E-state index contributed by atoms with van der Waals surface area (Å²) < 4.78 is 0.658. The number of carbonyl (C=O) groups is 1. The number of rotatable bonds is 2. The minimum absolute atomic E-state index is 0.0882. The smallest absolute Gasteiger partial charge is 0.214 e. The molecular weight excluding hydrogens is 322 g/mol. The molecule has 3 N–H and O–H groups in total. The predicted octanol–water partition coefficient (Wildman–Crippen LogP) is 3.57. The van der Waals surface area contributed by atoms with Crippen molar-refractivity contribution in [1.29, 1.82) is 0 Å². The van der Waals surface area contributed by atoms with Gasteiger partial charge in [-0.15, -0.1) is 0 Å². The Morgan fingerprint density at radius 2 is 1.85 bits per heavy atom. The van der Waals surface area contributed by atoms with Crippen LogP contribution in [0.4, 0.5) is 0 Å². The summed E-state index contributed by atoms with van der Waals surface area (Å²) in [7, 11) is 0. The number of fused-ring (bicyclic) bond motifs is 1. The van der Waals surface area contributed by atoms with Crippen molar-refractivity contribution >= 4 is 32.6 Å². The Balaban J connectivity index is 2.15. The molecule has 0 fully saturated rings.